The maximum atomic E-state index is 12.9. The summed E-state index contributed by atoms with van der Waals surface area (Å²) in [5.74, 6) is -0.193. The number of amides is 1. The highest BCUT2D eigenvalue weighted by Crippen LogP contribution is 2.33. The van der Waals surface area contributed by atoms with E-state index in [2.05, 4.69) is 4.72 Å². The van der Waals surface area contributed by atoms with Gasteiger partial charge in [-0.3, -0.25) is 4.79 Å². The van der Waals surface area contributed by atoms with Gasteiger partial charge in [0.1, 0.15) is 0 Å². The predicted molar refractivity (Wildman–Crippen MR) is 81.7 cm³/mol. The van der Waals surface area contributed by atoms with Crippen LogP contribution in [0.4, 0.5) is 13.2 Å². The van der Waals surface area contributed by atoms with Gasteiger partial charge in [0.2, 0.25) is 15.9 Å². The van der Waals surface area contributed by atoms with Crippen LogP contribution in [0.2, 0.25) is 0 Å². The first-order chi connectivity index (χ1) is 11.2. The first-order valence-electron chi connectivity index (χ1n) is 7.65. The Morgan fingerprint density at radius 3 is 2.38 bits per heavy atom. The highest BCUT2D eigenvalue weighted by molar-refractivity contribution is 7.89. The van der Waals surface area contributed by atoms with E-state index in [4.69, 9.17) is 0 Å². The Hall–Kier alpha value is -1.61. The van der Waals surface area contributed by atoms with Crippen molar-refractivity contribution >= 4 is 15.9 Å². The van der Waals surface area contributed by atoms with E-state index in [1.165, 1.54) is 6.07 Å². The molecule has 1 aromatic rings. The lowest BCUT2D eigenvalue weighted by molar-refractivity contribution is -0.140. The van der Waals surface area contributed by atoms with Crippen molar-refractivity contribution in [2.75, 3.05) is 19.6 Å². The zero-order chi connectivity index (χ0) is 17.8. The number of piperidine rings is 1. The Morgan fingerprint density at radius 2 is 1.75 bits per heavy atom. The molecule has 0 aliphatic carbocycles. The number of halogens is 3. The summed E-state index contributed by atoms with van der Waals surface area (Å²) in [6.45, 7) is 1.05. The molecular weight excluding hydrogens is 345 g/mol. The standard InChI is InChI=1S/C15H19F3N2O3S/c16-15(17,18)12-6-2-3-7-13(12)24(22,23)19-9-8-14(21)20-10-4-1-5-11-20/h2-3,6-7,19H,1,4-5,8-11H2. The summed E-state index contributed by atoms with van der Waals surface area (Å²) in [7, 11) is -4.34. The highest BCUT2D eigenvalue weighted by atomic mass is 32.2. The van der Waals surface area contributed by atoms with Crippen LogP contribution in [0.3, 0.4) is 0 Å². The molecule has 1 N–H and O–H groups in total. The van der Waals surface area contributed by atoms with Crippen LogP contribution in [-0.4, -0.2) is 38.9 Å². The predicted octanol–water partition coefficient (Wildman–Crippen LogP) is 2.39. The molecular formula is C15H19F3N2O3S. The Kier molecular flexibility index (Phi) is 5.87. The van der Waals surface area contributed by atoms with Crippen LogP contribution in [0.25, 0.3) is 0 Å². The van der Waals surface area contributed by atoms with Crippen LogP contribution in [-0.2, 0) is 21.0 Å². The second-order valence-electron chi connectivity index (χ2n) is 5.58. The average molecular weight is 364 g/mol. The zero-order valence-electron chi connectivity index (χ0n) is 13.0. The molecule has 0 atom stereocenters. The normalized spacial score (nSPS) is 16.2. The quantitative estimate of drug-likeness (QED) is 0.872. The fourth-order valence-electron chi connectivity index (χ4n) is 2.61. The van der Waals surface area contributed by atoms with Crippen LogP contribution < -0.4 is 4.72 Å². The Morgan fingerprint density at radius 1 is 1.12 bits per heavy atom. The van der Waals surface area contributed by atoms with E-state index in [0.29, 0.717) is 19.2 Å². The summed E-state index contributed by atoms with van der Waals surface area (Å²) >= 11 is 0. The van der Waals surface area contributed by atoms with Crippen LogP contribution in [0.5, 0.6) is 0 Å². The molecule has 1 amide bonds. The Balaban J connectivity index is 2.01. The maximum Gasteiger partial charge on any atom is 0.417 e. The highest BCUT2D eigenvalue weighted by Gasteiger charge is 2.36. The molecule has 1 aliphatic heterocycles. The fraction of sp³-hybridized carbons (Fsp3) is 0.533. The van der Waals surface area contributed by atoms with Crippen LogP contribution in [0.1, 0.15) is 31.2 Å². The van der Waals surface area contributed by atoms with Crippen LogP contribution in [0.15, 0.2) is 29.2 Å². The summed E-state index contributed by atoms with van der Waals surface area (Å²) in [4.78, 5) is 12.8. The third-order valence-corrected chi connectivity index (χ3v) is 5.34. The number of benzene rings is 1. The van der Waals surface area contributed by atoms with Crippen molar-refractivity contribution in [3.63, 3.8) is 0 Å². The SMILES string of the molecule is O=C(CCNS(=O)(=O)c1ccccc1C(F)(F)F)N1CCCCC1. The molecule has 0 spiro atoms. The topological polar surface area (TPSA) is 66.5 Å². The molecule has 0 radical (unpaired) electrons. The molecule has 0 unspecified atom stereocenters. The van der Waals surface area contributed by atoms with Gasteiger partial charge >= 0.3 is 6.18 Å². The number of rotatable bonds is 5. The smallest absolute Gasteiger partial charge is 0.343 e. The van der Waals surface area contributed by atoms with Gasteiger partial charge in [0.25, 0.3) is 0 Å². The molecule has 0 saturated carbocycles. The minimum Gasteiger partial charge on any atom is -0.343 e. The molecule has 1 saturated heterocycles. The Bertz CT molecular complexity index is 683. The number of nitrogens with one attached hydrogen (secondary N) is 1. The number of likely N-dealkylation sites (tertiary alicyclic amines) is 1. The summed E-state index contributed by atoms with van der Waals surface area (Å²) in [5, 5.41) is 0. The Labute approximate surface area is 138 Å². The first kappa shape index (κ1) is 18.7. The van der Waals surface area contributed by atoms with E-state index in [0.717, 1.165) is 31.4 Å². The molecule has 2 rings (SSSR count). The number of nitrogens with zero attached hydrogens (tertiary/aromatic N) is 1. The lowest BCUT2D eigenvalue weighted by Gasteiger charge is -2.26. The molecule has 134 valence electrons. The van der Waals surface area contributed by atoms with E-state index in [9.17, 15) is 26.4 Å². The van der Waals surface area contributed by atoms with Crippen molar-refractivity contribution < 1.29 is 26.4 Å². The lowest BCUT2D eigenvalue weighted by Crippen LogP contribution is -2.38. The molecule has 24 heavy (non-hydrogen) atoms. The van der Waals surface area contributed by atoms with Gasteiger partial charge in [0.15, 0.2) is 0 Å². The molecule has 1 aliphatic rings. The monoisotopic (exact) mass is 364 g/mol. The maximum absolute atomic E-state index is 12.9. The van der Waals surface area contributed by atoms with Gasteiger partial charge in [0.05, 0.1) is 10.5 Å². The van der Waals surface area contributed by atoms with Crippen molar-refractivity contribution in [3.8, 4) is 0 Å². The van der Waals surface area contributed by atoms with Gasteiger partial charge in [-0.25, -0.2) is 13.1 Å². The number of hydrogen-bond donors (Lipinski definition) is 1. The van der Waals surface area contributed by atoms with Gasteiger partial charge in [-0.05, 0) is 31.4 Å². The fourth-order valence-corrected chi connectivity index (χ4v) is 3.86. The summed E-state index contributed by atoms with van der Waals surface area (Å²) in [6.07, 6.45) is -1.96. The van der Waals surface area contributed by atoms with Crippen molar-refractivity contribution in [1.29, 1.82) is 0 Å². The molecule has 1 heterocycles. The number of carbonyl (C=O) groups excluding carboxylic acids is 1. The van der Waals surface area contributed by atoms with Crippen LogP contribution in [0, 0.1) is 0 Å². The largest absolute Gasteiger partial charge is 0.417 e. The second kappa shape index (κ2) is 7.52. The zero-order valence-corrected chi connectivity index (χ0v) is 13.8. The third kappa shape index (κ3) is 4.70. The van der Waals surface area contributed by atoms with E-state index in [1.807, 2.05) is 0 Å². The lowest BCUT2D eigenvalue weighted by atomic mass is 10.1. The number of hydrogen-bond acceptors (Lipinski definition) is 3. The second-order valence-corrected chi connectivity index (χ2v) is 7.32. The molecule has 0 bridgehead atoms. The molecule has 0 aromatic heterocycles. The summed E-state index contributed by atoms with van der Waals surface area (Å²) in [6, 6.07) is 3.97. The molecule has 9 heteroatoms. The summed E-state index contributed by atoms with van der Waals surface area (Å²) in [5.41, 5.74) is -1.22. The first-order valence-corrected chi connectivity index (χ1v) is 9.14. The van der Waals surface area contributed by atoms with Gasteiger partial charge in [-0.15, -0.1) is 0 Å². The third-order valence-electron chi connectivity index (χ3n) is 3.82. The van der Waals surface area contributed by atoms with Gasteiger partial charge in [0, 0.05) is 26.1 Å². The van der Waals surface area contributed by atoms with Crippen LogP contribution >= 0.6 is 0 Å². The number of alkyl halides is 3. The summed E-state index contributed by atoms with van der Waals surface area (Å²) < 4.78 is 65.1. The van der Waals surface area contributed by atoms with Crippen molar-refractivity contribution in [2.24, 2.45) is 0 Å². The van der Waals surface area contributed by atoms with Crippen molar-refractivity contribution in [3.05, 3.63) is 29.8 Å². The number of sulfonamides is 1. The van der Waals surface area contributed by atoms with E-state index < -0.39 is 26.7 Å². The van der Waals surface area contributed by atoms with E-state index in [1.54, 1.807) is 4.90 Å². The number of carbonyl (C=O) groups is 1. The van der Waals surface area contributed by atoms with Crippen molar-refractivity contribution in [1.82, 2.24) is 9.62 Å². The van der Waals surface area contributed by atoms with Gasteiger partial charge in [-0.2, -0.15) is 13.2 Å². The molecule has 5 nitrogen and oxygen atoms in total. The molecule has 1 aromatic carbocycles. The molecule has 1 fully saturated rings. The van der Waals surface area contributed by atoms with E-state index >= 15 is 0 Å². The van der Waals surface area contributed by atoms with E-state index in [-0.39, 0.29) is 18.9 Å². The average Bonchev–Trinajstić information content (AvgIpc) is 2.54. The van der Waals surface area contributed by atoms with Gasteiger partial charge < -0.3 is 4.90 Å². The minimum atomic E-state index is -4.77. The van der Waals surface area contributed by atoms with Crippen molar-refractivity contribution in [2.45, 2.75) is 36.8 Å². The minimum absolute atomic E-state index is 0.0760. The van der Waals surface area contributed by atoms with Gasteiger partial charge in [-0.1, -0.05) is 12.1 Å².